The second-order valence-electron chi connectivity index (χ2n) is 6.15. The molecular formula is C15H22N2O3S. The molecule has 0 saturated carbocycles. The van der Waals surface area contributed by atoms with E-state index in [9.17, 15) is 8.42 Å². The van der Waals surface area contributed by atoms with Crippen LogP contribution in [0.3, 0.4) is 0 Å². The molecule has 1 aromatic carbocycles. The summed E-state index contributed by atoms with van der Waals surface area (Å²) in [6, 6.07) is 5.07. The topological polar surface area (TPSA) is 58.6 Å². The molecule has 1 N–H and O–H groups in total. The van der Waals surface area contributed by atoms with Crippen LogP contribution in [0.15, 0.2) is 23.1 Å². The molecule has 2 aliphatic heterocycles. The lowest BCUT2D eigenvalue weighted by Gasteiger charge is -2.22. The highest BCUT2D eigenvalue weighted by molar-refractivity contribution is 7.89. The van der Waals surface area contributed by atoms with Crippen LogP contribution in [-0.2, 0) is 10.0 Å². The van der Waals surface area contributed by atoms with Crippen LogP contribution < -0.4 is 10.1 Å². The van der Waals surface area contributed by atoms with Gasteiger partial charge in [0.1, 0.15) is 5.75 Å². The number of hydrogen-bond donors (Lipinski definition) is 1. The van der Waals surface area contributed by atoms with Gasteiger partial charge in [0.15, 0.2) is 0 Å². The number of sulfonamides is 1. The first kappa shape index (κ1) is 14.8. The summed E-state index contributed by atoms with van der Waals surface area (Å²) in [5.41, 5.74) is 0.990. The Morgan fingerprint density at radius 3 is 2.76 bits per heavy atom. The lowest BCUT2D eigenvalue weighted by atomic mass is 9.87. The second kappa shape index (κ2) is 5.26. The third kappa shape index (κ3) is 2.56. The normalized spacial score (nSPS) is 26.6. The van der Waals surface area contributed by atoms with Crippen molar-refractivity contribution < 1.29 is 13.2 Å². The molecule has 0 radical (unpaired) electrons. The van der Waals surface area contributed by atoms with Crippen LogP contribution in [-0.4, -0.2) is 46.0 Å². The molecule has 1 spiro atoms. The van der Waals surface area contributed by atoms with E-state index in [0.29, 0.717) is 23.7 Å². The van der Waals surface area contributed by atoms with E-state index >= 15 is 0 Å². The zero-order chi connectivity index (χ0) is 15.1. The summed E-state index contributed by atoms with van der Waals surface area (Å²) in [4.78, 5) is 0.365. The van der Waals surface area contributed by atoms with Gasteiger partial charge in [-0.25, -0.2) is 8.42 Å². The number of nitrogens with one attached hydrogen (secondary N) is 1. The van der Waals surface area contributed by atoms with Gasteiger partial charge in [-0.15, -0.1) is 0 Å². The third-order valence-corrected chi connectivity index (χ3v) is 6.58. The molecular weight excluding hydrogens is 288 g/mol. The van der Waals surface area contributed by atoms with Crippen molar-refractivity contribution in [2.45, 2.75) is 24.7 Å². The molecule has 116 valence electrons. The number of hydrogen-bond acceptors (Lipinski definition) is 4. The van der Waals surface area contributed by atoms with Crippen molar-refractivity contribution in [2.24, 2.45) is 5.41 Å². The molecule has 0 aliphatic carbocycles. The third-order valence-electron chi connectivity index (χ3n) is 4.74. The Morgan fingerprint density at radius 1 is 1.33 bits per heavy atom. The fourth-order valence-corrected chi connectivity index (χ4v) is 5.04. The standard InChI is InChI=1S/C15H22N2O3S/c1-12-9-13(3-4-14(12)20-2)21(18,19)17-8-6-15(11-17)5-7-16-10-15/h3-4,9,16H,5-8,10-11H2,1-2H3. The van der Waals surface area contributed by atoms with Crippen LogP contribution in [0.2, 0.25) is 0 Å². The largest absolute Gasteiger partial charge is 0.496 e. The van der Waals surface area contributed by atoms with Gasteiger partial charge < -0.3 is 10.1 Å². The fraction of sp³-hybridized carbons (Fsp3) is 0.600. The minimum Gasteiger partial charge on any atom is -0.496 e. The van der Waals surface area contributed by atoms with E-state index in [-0.39, 0.29) is 5.41 Å². The van der Waals surface area contributed by atoms with Crippen molar-refractivity contribution in [2.75, 3.05) is 33.3 Å². The van der Waals surface area contributed by atoms with E-state index in [1.54, 1.807) is 29.6 Å². The molecule has 2 aliphatic rings. The molecule has 2 saturated heterocycles. The Balaban J connectivity index is 1.86. The molecule has 0 bridgehead atoms. The van der Waals surface area contributed by atoms with E-state index in [2.05, 4.69) is 5.32 Å². The first-order chi connectivity index (χ1) is 9.97. The summed E-state index contributed by atoms with van der Waals surface area (Å²) < 4.78 is 32.4. The van der Waals surface area contributed by atoms with Crippen LogP contribution in [0, 0.1) is 12.3 Å². The highest BCUT2D eigenvalue weighted by Crippen LogP contribution is 2.38. The van der Waals surface area contributed by atoms with Crippen LogP contribution in [0.4, 0.5) is 0 Å². The van der Waals surface area contributed by atoms with Gasteiger partial charge in [0, 0.05) is 19.6 Å². The first-order valence-corrected chi connectivity index (χ1v) is 8.76. The number of rotatable bonds is 3. The number of benzene rings is 1. The molecule has 1 unspecified atom stereocenters. The Kier molecular flexibility index (Phi) is 3.71. The molecule has 5 nitrogen and oxygen atoms in total. The highest BCUT2D eigenvalue weighted by atomic mass is 32.2. The predicted molar refractivity (Wildman–Crippen MR) is 81.0 cm³/mol. The zero-order valence-corrected chi connectivity index (χ0v) is 13.4. The van der Waals surface area contributed by atoms with Crippen molar-refractivity contribution >= 4 is 10.0 Å². The van der Waals surface area contributed by atoms with Gasteiger partial charge in [-0.3, -0.25) is 0 Å². The van der Waals surface area contributed by atoms with E-state index in [0.717, 1.165) is 31.5 Å². The quantitative estimate of drug-likeness (QED) is 0.916. The van der Waals surface area contributed by atoms with Gasteiger partial charge in [0.25, 0.3) is 0 Å². The lowest BCUT2D eigenvalue weighted by molar-refractivity contribution is 0.338. The van der Waals surface area contributed by atoms with Gasteiger partial charge in [0.2, 0.25) is 10.0 Å². The van der Waals surface area contributed by atoms with E-state index in [1.807, 2.05) is 6.92 Å². The maximum Gasteiger partial charge on any atom is 0.243 e. The summed E-state index contributed by atoms with van der Waals surface area (Å²) in [7, 11) is -1.81. The molecule has 21 heavy (non-hydrogen) atoms. The monoisotopic (exact) mass is 310 g/mol. The summed E-state index contributed by atoms with van der Waals surface area (Å²) in [5.74, 6) is 0.715. The Hall–Kier alpha value is -1.11. The molecule has 3 rings (SSSR count). The molecule has 1 atom stereocenters. The summed E-state index contributed by atoms with van der Waals surface area (Å²) in [6.45, 7) is 5.04. The summed E-state index contributed by atoms with van der Waals surface area (Å²) in [6.07, 6.45) is 2.02. The first-order valence-electron chi connectivity index (χ1n) is 7.32. The minimum absolute atomic E-state index is 0.147. The average Bonchev–Trinajstić information content (AvgIpc) is 3.10. The fourth-order valence-electron chi connectivity index (χ4n) is 3.40. The van der Waals surface area contributed by atoms with E-state index in [4.69, 9.17) is 4.74 Å². The number of methoxy groups -OCH3 is 1. The van der Waals surface area contributed by atoms with Gasteiger partial charge in [-0.1, -0.05) is 0 Å². The summed E-state index contributed by atoms with van der Waals surface area (Å²) in [5, 5.41) is 3.35. The van der Waals surface area contributed by atoms with Gasteiger partial charge in [0.05, 0.1) is 12.0 Å². The Bertz CT molecular complexity index is 636. The number of ether oxygens (including phenoxy) is 1. The van der Waals surface area contributed by atoms with Gasteiger partial charge in [-0.2, -0.15) is 4.31 Å². The molecule has 6 heteroatoms. The molecule has 2 heterocycles. The van der Waals surface area contributed by atoms with Crippen LogP contribution in [0.1, 0.15) is 18.4 Å². The second-order valence-corrected chi connectivity index (χ2v) is 8.08. The van der Waals surface area contributed by atoms with E-state index in [1.165, 1.54) is 0 Å². The maximum absolute atomic E-state index is 12.8. The number of aryl methyl sites for hydroxylation is 1. The maximum atomic E-state index is 12.8. The van der Waals surface area contributed by atoms with Crippen LogP contribution in [0.5, 0.6) is 5.75 Å². The Labute approximate surface area is 126 Å². The van der Waals surface area contributed by atoms with E-state index < -0.39 is 10.0 Å². The highest BCUT2D eigenvalue weighted by Gasteiger charge is 2.44. The smallest absolute Gasteiger partial charge is 0.243 e. The van der Waals surface area contributed by atoms with Crippen molar-refractivity contribution in [3.05, 3.63) is 23.8 Å². The zero-order valence-electron chi connectivity index (χ0n) is 12.6. The lowest BCUT2D eigenvalue weighted by Crippen LogP contribution is -2.33. The molecule has 1 aromatic rings. The van der Waals surface area contributed by atoms with Crippen LogP contribution >= 0.6 is 0 Å². The van der Waals surface area contributed by atoms with Gasteiger partial charge >= 0.3 is 0 Å². The van der Waals surface area contributed by atoms with Crippen molar-refractivity contribution in [1.29, 1.82) is 0 Å². The SMILES string of the molecule is COc1ccc(S(=O)(=O)N2CCC3(CCNC3)C2)cc1C. The van der Waals surface area contributed by atoms with Crippen molar-refractivity contribution in [1.82, 2.24) is 9.62 Å². The van der Waals surface area contributed by atoms with Gasteiger partial charge in [-0.05, 0) is 55.5 Å². The van der Waals surface area contributed by atoms with Crippen molar-refractivity contribution in [3.63, 3.8) is 0 Å². The Morgan fingerprint density at radius 2 is 2.14 bits per heavy atom. The molecule has 2 fully saturated rings. The molecule has 0 aromatic heterocycles. The molecule has 0 amide bonds. The number of nitrogens with zero attached hydrogens (tertiary/aromatic N) is 1. The average molecular weight is 310 g/mol. The summed E-state index contributed by atoms with van der Waals surface area (Å²) >= 11 is 0. The van der Waals surface area contributed by atoms with Crippen molar-refractivity contribution in [3.8, 4) is 5.75 Å². The minimum atomic E-state index is -3.40. The van der Waals surface area contributed by atoms with Crippen LogP contribution in [0.25, 0.3) is 0 Å². The predicted octanol–water partition coefficient (Wildman–Crippen LogP) is 1.38.